The van der Waals surface area contributed by atoms with Crippen LogP contribution in [0, 0.1) is 17.8 Å². The Morgan fingerprint density at radius 2 is 1.50 bits per heavy atom. The Labute approximate surface area is 294 Å². The summed E-state index contributed by atoms with van der Waals surface area (Å²) in [5.41, 5.74) is 2.98. The molecular weight excluding hydrogens is 717 g/mol. The molecule has 3 fully saturated rings. The van der Waals surface area contributed by atoms with E-state index < -0.39 is 51.1 Å². The molecule has 2 N–H and O–H groups in total. The van der Waals surface area contributed by atoms with Crippen LogP contribution in [0.15, 0.2) is 103 Å². The maximum atomic E-state index is 14.4. The zero-order valence-corrected chi connectivity index (χ0v) is 28.4. The molecule has 11 heteroatoms. The highest BCUT2D eigenvalue weighted by Crippen LogP contribution is 2.66. The lowest BCUT2D eigenvalue weighted by atomic mass is 9.56. The van der Waals surface area contributed by atoms with Crippen molar-refractivity contribution in [2.75, 3.05) is 15.7 Å². The molecule has 4 aliphatic rings. The number of fused-ring (bicyclic) bond motifs is 5. The van der Waals surface area contributed by atoms with E-state index >= 15 is 0 Å². The van der Waals surface area contributed by atoms with Gasteiger partial charge in [0.15, 0.2) is 9.75 Å². The summed E-state index contributed by atoms with van der Waals surface area (Å²) in [6.45, 7) is 0. The number of allylic oxidation sites excluding steroid dienone is 2. The Morgan fingerprint density at radius 3 is 2.23 bits per heavy atom. The third kappa shape index (κ3) is 4.20. The van der Waals surface area contributed by atoms with Gasteiger partial charge in [0, 0.05) is 22.9 Å². The monoisotopic (exact) mass is 743 g/mol. The van der Waals surface area contributed by atoms with Crippen LogP contribution in [0.5, 0.6) is 5.75 Å². The van der Waals surface area contributed by atoms with E-state index in [1.165, 1.54) is 11.0 Å². The number of likely N-dealkylation sites (tertiary alicyclic amines) is 1. The van der Waals surface area contributed by atoms with E-state index in [-0.39, 0.29) is 30.0 Å². The molecule has 0 spiro atoms. The average molecular weight is 745 g/mol. The molecule has 0 aromatic heterocycles. The maximum Gasteiger partial charge on any atom is 0.254 e. The third-order valence-corrected chi connectivity index (χ3v) is 12.4. The van der Waals surface area contributed by atoms with Crippen molar-refractivity contribution in [3.05, 3.63) is 108 Å². The van der Waals surface area contributed by atoms with Gasteiger partial charge in [0.1, 0.15) is 5.75 Å². The summed E-state index contributed by atoms with van der Waals surface area (Å²) < 4.78 is 0. The van der Waals surface area contributed by atoms with Gasteiger partial charge in [-0.3, -0.25) is 29.0 Å². The number of imide groups is 2. The van der Waals surface area contributed by atoms with Gasteiger partial charge in [-0.15, -0.1) is 23.2 Å². The van der Waals surface area contributed by atoms with E-state index in [1.54, 1.807) is 18.2 Å². The topological polar surface area (TPSA) is 107 Å². The molecule has 0 radical (unpaired) electrons. The van der Waals surface area contributed by atoms with Crippen molar-refractivity contribution in [3.63, 3.8) is 0 Å². The van der Waals surface area contributed by atoms with E-state index in [4.69, 9.17) is 23.2 Å². The van der Waals surface area contributed by atoms with Crippen LogP contribution < -0.4 is 10.2 Å². The largest absolute Gasteiger partial charge is 0.508 e. The van der Waals surface area contributed by atoms with Gasteiger partial charge in [-0.25, -0.2) is 0 Å². The lowest BCUT2D eigenvalue weighted by molar-refractivity contribution is -0.138. The molecule has 2 heterocycles. The molecule has 2 aliphatic carbocycles. The van der Waals surface area contributed by atoms with Crippen LogP contribution in [0.2, 0.25) is 0 Å². The molecule has 2 saturated heterocycles. The third-order valence-electron chi connectivity index (χ3n) is 10.4. The number of hydrogen-bond acceptors (Lipinski definition) is 6. The number of amides is 4. The first-order valence-electron chi connectivity index (χ1n) is 15.6. The first-order valence-corrected chi connectivity index (χ1v) is 17.5. The number of hydrogen-bond donors (Lipinski definition) is 2. The molecular formula is C37H28BrCl2N3O5. The lowest BCUT2D eigenvalue weighted by Gasteiger charge is -2.51. The number of phenols is 1. The zero-order chi connectivity index (χ0) is 33.5. The predicted octanol–water partition coefficient (Wildman–Crippen LogP) is 7.20. The predicted molar refractivity (Wildman–Crippen MR) is 188 cm³/mol. The first-order chi connectivity index (χ1) is 23.1. The van der Waals surface area contributed by atoms with Gasteiger partial charge in [0.2, 0.25) is 11.8 Å². The second-order valence-corrected chi connectivity index (χ2v) is 14.5. The Balaban J connectivity index is 1.23. The number of alkyl halides is 3. The fourth-order valence-electron chi connectivity index (χ4n) is 8.29. The molecule has 4 amide bonds. The van der Waals surface area contributed by atoms with Gasteiger partial charge in [-0.1, -0.05) is 76.1 Å². The standard InChI is InChI=1S/C37H28BrCl2N3O5/c38-19-42-34(47)36(39)18-27-25(31(37(36,40)35(42)48)30-24-9-5-4-6-20(24)10-17-28(30)44)15-16-26-29(27)33(46)43(32(26)45)23-13-11-22(12-14-23)41-21-7-2-1-3-8-21/h1-15,17,26-27,29,31,41,44H,16,18-19H2/t26-,27+,29-,31+,36+,37-/m0/s1. The fourth-order valence-corrected chi connectivity index (χ4v) is 9.70. The van der Waals surface area contributed by atoms with Gasteiger partial charge < -0.3 is 10.4 Å². The minimum absolute atomic E-state index is 0.112. The van der Waals surface area contributed by atoms with Crippen LogP contribution in [0.4, 0.5) is 17.1 Å². The Morgan fingerprint density at radius 1 is 0.812 bits per heavy atom. The van der Waals surface area contributed by atoms with E-state index in [1.807, 2.05) is 72.8 Å². The highest BCUT2D eigenvalue weighted by Gasteiger charge is 2.76. The quantitative estimate of drug-likeness (QED) is 0.0969. The van der Waals surface area contributed by atoms with Gasteiger partial charge in [0.05, 0.1) is 23.0 Å². The van der Waals surface area contributed by atoms with Gasteiger partial charge in [-0.05, 0) is 72.0 Å². The molecule has 0 unspecified atom stereocenters. The smallest absolute Gasteiger partial charge is 0.254 e. The van der Waals surface area contributed by atoms with Gasteiger partial charge in [-0.2, -0.15) is 0 Å². The molecule has 2 aliphatic heterocycles. The molecule has 0 bridgehead atoms. The number of benzene rings is 4. The number of carbonyl (C=O) groups excluding carboxylic acids is 4. The average Bonchev–Trinajstić information content (AvgIpc) is 3.43. The fraction of sp³-hybridized carbons (Fsp3) is 0.243. The molecule has 242 valence electrons. The van der Waals surface area contributed by atoms with Gasteiger partial charge >= 0.3 is 0 Å². The second kappa shape index (κ2) is 11.2. The number of rotatable bonds is 5. The summed E-state index contributed by atoms with van der Waals surface area (Å²) in [7, 11) is 0. The zero-order valence-electron chi connectivity index (χ0n) is 25.3. The SMILES string of the molecule is O=C1[C@H]2[C@H](CC=C3[C@H]2C[C@@]2(Cl)C(=O)N(CBr)C(=O)[C@@]2(Cl)[C@H]3c2c(O)ccc3ccccc23)C(=O)N1c1ccc(Nc2ccccc2)cc1. The number of para-hydroxylation sites is 1. The second-order valence-electron chi connectivity index (χ2n) is 12.8. The van der Waals surface area contributed by atoms with E-state index in [9.17, 15) is 24.3 Å². The number of carbonyl (C=O) groups is 4. The molecule has 4 aromatic rings. The number of nitrogens with one attached hydrogen (secondary N) is 1. The molecule has 4 aromatic carbocycles. The van der Waals surface area contributed by atoms with Gasteiger partial charge in [0.25, 0.3) is 11.8 Å². The highest BCUT2D eigenvalue weighted by atomic mass is 79.9. The van der Waals surface area contributed by atoms with Crippen molar-refractivity contribution in [3.8, 4) is 5.75 Å². The first kappa shape index (κ1) is 31.1. The summed E-state index contributed by atoms with van der Waals surface area (Å²) in [5.74, 6) is -5.53. The van der Waals surface area contributed by atoms with Crippen molar-refractivity contribution in [1.82, 2.24) is 4.90 Å². The van der Waals surface area contributed by atoms with Crippen LogP contribution in [-0.4, -0.2) is 48.8 Å². The summed E-state index contributed by atoms with van der Waals surface area (Å²) in [4.78, 5) is 54.8. The van der Waals surface area contributed by atoms with Crippen molar-refractivity contribution in [1.29, 1.82) is 0 Å². The van der Waals surface area contributed by atoms with Crippen molar-refractivity contribution < 1.29 is 24.3 Å². The van der Waals surface area contributed by atoms with Crippen LogP contribution in [-0.2, 0) is 19.2 Å². The van der Waals surface area contributed by atoms with E-state index in [0.717, 1.165) is 21.7 Å². The van der Waals surface area contributed by atoms with Crippen LogP contribution in [0.3, 0.4) is 0 Å². The molecule has 8 nitrogen and oxygen atoms in total. The van der Waals surface area contributed by atoms with Crippen molar-refractivity contribution in [2.24, 2.45) is 17.8 Å². The normalized spacial score (nSPS) is 29.5. The highest BCUT2D eigenvalue weighted by molar-refractivity contribution is 9.09. The number of halogens is 3. The Hall–Kier alpha value is -4.18. The van der Waals surface area contributed by atoms with Crippen molar-refractivity contribution in [2.45, 2.75) is 28.5 Å². The minimum Gasteiger partial charge on any atom is -0.508 e. The summed E-state index contributed by atoms with van der Waals surface area (Å²) in [6.07, 6.45) is 1.96. The van der Waals surface area contributed by atoms with Crippen molar-refractivity contribution >= 4 is 90.6 Å². The number of anilines is 3. The number of phenolic OH excluding ortho intramolecular Hbond substituents is 1. The number of aromatic hydroxyl groups is 1. The Kier molecular flexibility index (Phi) is 7.25. The Bertz CT molecular complexity index is 2070. The molecule has 6 atom stereocenters. The van der Waals surface area contributed by atoms with Crippen LogP contribution in [0.1, 0.15) is 24.3 Å². The van der Waals surface area contributed by atoms with Crippen LogP contribution >= 0.6 is 39.1 Å². The van der Waals surface area contributed by atoms with E-state index in [0.29, 0.717) is 22.2 Å². The van der Waals surface area contributed by atoms with E-state index in [2.05, 4.69) is 21.2 Å². The molecule has 1 saturated carbocycles. The lowest BCUT2D eigenvalue weighted by Crippen LogP contribution is -2.60. The molecule has 8 rings (SSSR count). The summed E-state index contributed by atoms with van der Waals surface area (Å²) in [6, 6.07) is 27.4. The minimum atomic E-state index is -2.01. The maximum absolute atomic E-state index is 14.4. The summed E-state index contributed by atoms with van der Waals surface area (Å²) in [5, 5.41) is 16.2. The number of nitrogens with zero attached hydrogens (tertiary/aromatic N) is 2. The molecule has 48 heavy (non-hydrogen) atoms. The summed E-state index contributed by atoms with van der Waals surface area (Å²) >= 11 is 18.0. The van der Waals surface area contributed by atoms with Crippen LogP contribution in [0.25, 0.3) is 10.8 Å².